The second-order valence-electron chi connectivity index (χ2n) is 30.3. The number of nitrogens with zero attached hydrogens (tertiary/aromatic N) is 3. The highest BCUT2D eigenvalue weighted by molar-refractivity contribution is 7.20. The van der Waals surface area contributed by atoms with Crippen LogP contribution in [0.4, 0.5) is 34.1 Å². The van der Waals surface area contributed by atoms with Gasteiger partial charge in [-0.2, -0.15) is 0 Å². The van der Waals surface area contributed by atoms with E-state index in [1.807, 2.05) is 0 Å². The molecule has 18 rings (SSSR count). The van der Waals surface area contributed by atoms with Crippen molar-refractivity contribution in [2.75, 3.05) is 9.80 Å². The molecule has 0 amide bonds. The van der Waals surface area contributed by atoms with Crippen LogP contribution >= 0.6 is 0 Å². The summed E-state index contributed by atoms with van der Waals surface area (Å²) in [6.45, 7) is 13.8. The molecular formula is C99H80BN3Si. The molecule has 0 spiro atoms. The van der Waals surface area contributed by atoms with Crippen LogP contribution < -0.4 is 46.9 Å². The Morgan fingerprint density at radius 3 is 1.16 bits per heavy atom. The number of rotatable bonds is 13. The molecule has 0 aliphatic carbocycles. The lowest BCUT2D eigenvalue weighted by atomic mass is 9.32. The van der Waals surface area contributed by atoms with E-state index in [9.17, 15) is 0 Å². The average molecular weight is 1350 g/mol. The lowest BCUT2D eigenvalue weighted by Crippen LogP contribution is -2.74. The summed E-state index contributed by atoms with van der Waals surface area (Å²) in [5.74, 6) is 0. The van der Waals surface area contributed by atoms with Gasteiger partial charge in [0.05, 0.1) is 22.1 Å². The van der Waals surface area contributed by atoms with Gasteiger partial charge in [-0.3, -0.25) is 0 Å². The lowest BCUT2D eigenvalue weighted by Gasteiger charge is -2.45. The third kappa shape index (κ3) is 10.5. The Morgan fingerprint density at radius 1 is 0.260 bits per heavy atom. The third-order valence-corrected chi connectivity index (χ3v) is 27.1. The van der Waals surface area contributed by atoms with Gasteiger partial charge in [0.1, 0.15) is 0 Å². The van der Waals surface area contributed by atoms with Crippen molar-refractivity contribution in [3.05, 3.63) is 409 Å². The van der Waals surface area contributed by atoms with Gasteiger partial charge in [-0.15, -0.1) is 0 Å². The smallest absolute Gasteiger partial charge is 0.252 e. The van der Waals surface area contributed by atoms with Crippen molar-refractivity contribution in [2.45, 2.75) is 57.8 Å². The Kier molecular flexibility index (Phi) is 15.7. The first-order valence-electron chi connectivity index (χ1n) is 36.7. The molecule has 104 heavy (non-hydrogen) atoms. The van der Waals surface area contributed by atoms with E-state index in [2.05, 4.69) is 432 Å². The molecule has 2 aliphatic heterocycles. The molecule has 0 N–H and O–H groups in total. The van der Waals surface area contributed by atoms with Crippen LogP contribution in [0.5, 0.6) is 0 Å². The number of aromatic nitrogens is 1. The Balaban J connectivity index is 1.00. The maximum absolute atomic E-state index is 3.10. The first-order valence-corrected chi connectivity index (χ1v) is 38.7. The fourth-order valence-electron chi connectivity index (χ4n) is 17.5. The van der Waals surface area contributed by atoms with Gasteiger partial charge in [0.15, 0.2) is 8.07 Å². The Morgan fingerprint density at radius 2 is 0.673 bits per heavy atom. The molecule has 0 radical (unpaired) electrons. The van der Waals surface area contributed by atoms with Crippen molar-refractivity contribution >= 4 is 108 Å². The van der Waals surface area contributed by atoms with Gasteiger partial charge in [-0.25, -0.2) is 0 Å². The molecule has 0 saturated carbocycles. The van der Waals surface area contributed by atoms with Crippen molar-refractivity contribution in [1.29, 1.82) is 0 Å². The highest BCUT2D eigenvalue weighted by Gasteiger charge is 2.48. The fourth-order valence-corrected chi connectivity index (χ4v) is 22.3. The third-order valence-electron chi connectivity index (χ3n) is 22.3. The number of hydrogen-bond acceptors (Lipinski definition) is 2. The molecule has 0 saturated heterocycles. The zero-order valence-electron chi connectivity index (χ0n) is 59.7. The maximum atomic E-state index is 2.67. The maximum Gasteiger partial charge on any atom is 0.252 e. The summed E-state index contributed by atoms with van der Waals surface area (Å²) in [6.07, 6.45) is 0. The van der Waals surface area contributed by atoms with Crippen molar-refractivity contribution < 1.29 is 0 Å². The Bertz CT molecular complexity index is 5610. The minimum absolute atomic E-state index is 0.0849. The van der Waals surface area contributed by atoms with Crippen molar-refractivity contribution in [2.24, 2.45) is 0 Å². The number of anilines is 6. The second-order valence-corrected chi connectivity index (χ2v) is 34.2. The monoisotopic (exact) mass is 1350 g/mol. The highest BCUT2D eigenvalue weighted by atomic mass is 28.3. The van der Waals surface area contributed by atoms with Crippen LogP contribution in [0.2, 0.25) is 0 Å². The number of fused-ring (bicyclic) bond motifs is 7. The predicted octanol–water partition coefficient (Wildman–Crippen LogP) is 20.6. The van der Waals surface area contributed by atoms with Crippen LogP contribution in [0.25, 0.3) is 49.7 Å². The number of benzene rings is 15. The summed E-state index contributed by atoms with van der Waals surface area (Å²) in [6, 6.07) is 143. The molecule has 2 aliphatic rings. The topological polar surface area (TPSA) is 11.4 Å². The molecule has 3 nitrogen and oxygen atoms in total. The minimum Gasteiger partial charge on any atom is -0.311 e. The van der Waals surface area contributed by atoms with Crippen LogP contribution in [-0.4, -0.2) is 19.4 Å². The zero-order valence-corrected chi connectivity index (χ0v) is 60.7. The fraction of sp³-hybridized carbons (Fsp3) is 0.0909. The van der Waals surface area contributed by atoms with Gasteiger partial charge in [0, 0.05) is 44.9 Å². The molecule has 1 aromatic heterocycles. The van der Waals surface area contributed by atoms with Crippen LogP contribution in [0, 0.1) is 0 Å². The first kappa shape index (κ1) is 64.1. The molecule has 15 aromatic carbocycles. The van der Waals surface area contributed by atoms with E-state index in [0.29, 0.717) is 0 Å². The highest BCUT2D eigenvalue weighted by Crippen LogP contribution is 2.51. The largest absolute Gasteiger partial charge is 0.311 e. The van der Waals surface area contributed by atoms with Gasteiger partial charge >= 0.3 is 0 Å². The standard InChI is InChI=1S/C99H80BN3Si/c1-97(2,3)75-57-60-89-86(64-75)87-65-76(98(4,5)6)58-61-90(87)103(89)80-67-93-96-94(68-80)102(79-46-32-53-84(66-79)104(81-47-25-12-26-48-81,82-49-27-13-28-50-82)83-51-29-14-30-52-83)92-62-71(69-34-15-7-16-35-69)56-59-88(92)100(96)95-85(70-36-17-8-18-37-70)54-33-55-91(95)101(93)78-45-31-44-77(63-78)99(72-38-19-9-20-39-72,73-40-21-10-22-41-73)74-42-23-11-24-43-74/h7-68H,1-6H3. The normalized spacial score (nSPS) is 12.8. The quantitative estimate of drug-likeness (QED) is 0.0842. The SMILES string of the molecule is CC(C)(C)c1ccc2c(c1)c1cc(C(C)(C)C)ccc1n2-c1cc2c3c(c1)N(c1cccc(C(c4ccccc4)(c4ccccc4)c4ccccc4)c1)c1cccc(-c4ccccc4)c1B3c1ccc(-c3ccccc3)cc1N2c1cccc([Si](c2ccccc2)(c2ccccc2)c2ccccc2)c1. The number of hydrogen-bond donors (Lipinski definition) is 0. The molecule has 5 heteroatoms. The van der Waals surface area contributed by atoms with E-state index in [1.54, 1.807) is 0 Å². The van der Waals surface area contributed by atoms with Crippen molar-refractivity contribution in [3.63, 3.8) is 0 Å². The molecular weight excluding hydrogens is 1270 g/mol. The summed E-state index contributed by atoms with van der Waals surface area (Å²) < 4.78 is 2.59. The van der Waals surface area contributed by atoms with Gasteiger partial charge in [0.25, 0.3) is 6.71 Å². The van der Waals surface area contributed by atoms with Crippen molar-refractivity contribution in [1.82, 2.24) is 4.57 Å². The van der Waals surface area contributed by atoms with Gasteiger partial charge in [-0.1, -0.05) is 345 Å². The molecule has 0 fully saturated rings. The van der Waals surface area contributed by atoms with E-state index >= 15 is 0 Å². The molecule has 0 bridgehead atoms. The lowest BCUT2D eigenvalue weighted by molar-refractivity contribution is 0.590. The molecule has 0 atom stereocenters. The van der Waals surface area contributed by atoms with Gasteiger partial charge < -0.3 is 14.4 Å². The zero-order chi connectivity index (χ0) is 70.3. The Hall–Kier alpha value is -12.0. The first-order chi connectivity index (χ1) is 50.9. The van der Waals surface area contributed by atoms with Crippen molar-refractivity contribution in [3.8, 4) is 27.9 Å². The molecule has 3 heterocycles. The second kappa shape index (κ2) is 25.5. The van der Waals surface area contributed by atoms with Gasteiger partial charge in [-0.05, 0) is 176 Å². The summed E-state index contributed by atoms with van der Waals surface area (Å²) in [5.41, 5.74) is 25.0. The van der Waals surface area contributed by atoms with E-state index in [0.717, 1.165) is 56.4 Å². The van der Waals surface area contributed by atoms with Crippen LogP contribution in [0.15, 0.2) is 376 Å². The molecule has 0 unspecified atom stereocenters. The molecule has 498 valence electrons. The summed E-state index contributed by atoms with van der Waals surface area (Å²) >= 11 is 0. The van der Waals surface area contributed by atoms with E-state index in [-0.39, 0.29) is 17.5 Å². The van der Waals surface area contributed by atoms with E-state index in [1.165, 1.54) is 98.0 Å². The predicted molar refractivity (Wildman–Crippen MR) is 445 cm³/mol. The summed E-state index contributed by atoms with van der Waals surface area (Å²) in [5, 5.41) is 7.77. The van der Waals surface area contributed by atoms with Crippen LogP contribution in [-0.2, 0) is 16.2 Å². The van der Waals surface area contributed by atoms with E-state index in [4.69, 9.17) is 0 Å². The summed E-state index contributed by atoms with van der Waals surface area (Å²) in [4.78, 5) is 5.32. The molecule has 16 aromatic rings. The summed E-state index contributed by atoms with van der Waals surface area (Å²) in [7, 11) is -3.10. The van der Waals surface area contributed by atoms with Gasteiger partial charge in [0.2, 0.25) is 0 Å². The van der Waals surface area contributed by atoms with Crippen LogP contribution in [0.1, 0.15) is 74.9 Å². The average Bonchev–Trinajstić information content (AvgIpc) is 0.769. The van der Waals surface area contributed by atoms with E-state index < -0.39 is 13.5 Å². The minimum atomic E-state index is -3.10. The van der Waals surface area contributed by atoms with Crippen LogP contribution in [0.3, 0.4) is 0 Å². The Labute approximate surface area is 613 Å².